The molecule has 22 heavy (non-hydrogen) atoms. The number of halogens is 1. The van der Waals surface area contributed by atoms with Crippen molar-refractivity contribution >= 4 is 11.5 Å². The zero-order chi connectivity index (χ0) is 15.6. The number of aliphatic imine (C=N–C) groups is 1. The number of hydrogen-bond donors (Lipinski definition) is 2. The third kappa shape index (κ3) is 3.23. The van der Waals surface area contributed by atoms with Gasteiger partial charge in [0, 0.05) is 24.4 Å². The highest BCUT2D eigenvalue weighted by atomic mass is 19.1. The Morgan fingerprint density at radius 1 is 1.50 bits per heavy atom. The lowest BCUT2D eigenvalue weighted by Gasteiger charge is -2.30. The molecule has 0 saturated carbocycles. The Hall–Kier alpha value is -1.66. The molecular formula is C16H22FN3O2. The predicted molar refractivity (Wildman–Crippen MR) is 83.7 cm³/mol. The van der Waals surface area contributed by atoms with Gasteiger partial charge in [-0.05, 0) is 38.0 Å². The zero-order valence-electron chi connectivity index (χ0n) is 12.8. The van der Waals surface area contributed by atoms with E-state index in [0.717, 1.165) is 31.7 Å². The number of amidine groups is 1. The minimum atomic E-state index is -0.784. The van der Waals surface area contributed by atoms with E-state index in [0.29, 0.717) is 24.6 Å². The monoisotopic (exact) mass is 307 g/mol. The molecule has 2 aliphatic heterocycles. The van der Waals surface area contributed by atoms with Crippen LogP contribution in [-0.4, -0.2) is 38.3 Å². The van der Waals surface area contributed by atoms with Gasteiger partial charge in [-0.15, -0.1) is 0 Å². The molecule has 1 saturated heterocycles. The highest BCUT2D eigenvalue weighted by Crippen LogP contribution is 2.32. The maximum atomic E-state index is 14.2. The van der Waals surface area contributed by atoms with Crippen LogP contribution in [0.5, 0.6) is 0 Å². The molecule has 2 aliphatic rings. The summed E-state index contributed by atoms with van der Waals surface area (Å²) in [6.07, 6.45) is 2.40. The van der Waals surface area contributed by atoms with E-state index in [-0.39, 0.29) is 11.9 Å². The summed E-state index contributed by atoms with van der Waals surface area (Å²) in [5, 5.41) is 3.31. The first kappa shape index (κ1) is 15.2. The number of ether oxygens (including phenoxy) is 2. The largest absolute Gasteiger partial charge is 0.386 e. The third-order valence-corrected chi connectivity index (χ3v) is 4.13. The lowest BCUT2D eigenvalue weighted by atomic mass is 9.92. The second-order valence-electron chi connectivity index (χ2n) is 6.08. The molecule has 3 N–H and O–H groups in total. The first-order valence-electron chi connectivity index (χ1n) is 7.64. The highest BCUT2D eigenvalue weighted by Gasteiger charge is 2.32. The predicted octanol–water partition coefficient (Wildman–Crippen LogP) is 2.02. The van der Waals surface area contributed by atoms with Crippen molar-refractivity contribution in [3.63, 3.8) is 0 Å². The number of nitrogens with one attached hydrogen (secondary N) is 1. The van der Waals surface area contributed by atoms with Crippen LogP contribution in [0.1, 0.15) is 25.3 Å². The fourth-order valence-corrected chi connectivity index (χ4v) is 2.96. The van der Waals surface area contributed by atoms with Crippen molar-refractivity contribution < 1.29 is 13.9 Å². The summed E-state index contributed by atoms with van der Waals surface area (Å²) in [6.45, 7) is 4.00. The van der Waals surface area contributed by atoms with Gasteiger partial charge in [0.15, 0.2) is 0 Å². The SMILES string of the molecule is CC1(c2cc(NCC3CCCO3)ccc2F)COCC(N)=N1. The van der Waals surface area contributed by atoms with E-state index in [4.69, 9.17) is 15.2 Å². The molecule has 5 nitrogen and oxygen atoms in total. The first-order valence-corrected chi connectivity index (χ1v) is 7.64. The molecule has 2 atom stereocenters. The maximum absolute atomic E-state index is 14.2. The number of rotatable bonds is 4. The smallest absolute Gasteiger partial charge is 0.129 e. The van der Waals surface area contributed by atoms with Crippen molar-refractivity contribution in [2.75, 3.05) is 31.7 Å². The van der Waals surface area contributed by atoms with Crippen LogP contribution in [0.4, 0.5) is 10.1 Å². The van der Waals surface area contributed by atoms with Crippen LogP contribution in [0.15, 0.2) is 23.2 Å². The summed E-state index contributed by atoms with van der Waals surface area (Å²) in [5.74, 6) is 0.0954. The Kier molecular flexibility index (Phi) is 4.31. The number of benzene rings is 1. The highest BCUT2D eigenvalue weighted by molar-refractivity contribution is 5.82. The van der Waals surface area contributed by atoms with Crippen molar-refractivity contribution in [1.29, 1.82) is 0 Å². The van der Waals surface area contributed by atoms with Gasteiger partial charge in [-0.2, -0.15) is 0 Å². The third-order valence-electron chi connectivity index (χ3n) is 4.13. The Morgan fingerprint density at radius 2 is 2.36 bits per heavy atom. The van der Waals surface area contributed by atoms with E-state index in [9.17, 15) is 4.39 Å². The van der Waals surface area contributed by atoms with Crippen LogP contribution in [0.25, 0.3) is 0 Å². The van der Waals surface area contributed by atoms with E-state index in [1.807, 2.05) is 6.92 Å². The van der Waals surface area contributed by atoms with Crippen LogP contribution in [0, 0.1) is 5.82 Å². The molecule has 0 aliphatic carbocycles. The van der Waals surface area contributed by atoms with E-state index in [1.54, 1.807) is 12.1 Å². The fraction of sp³-hybridized carbons (Fsp3) is 0.562. The van der Waals surface area contributed by atoms with Gasteiger partial charge in [0.1, 0.15) is 23.8 Å². The molecule has 1 fully saturated rings. The van der Waals surface area contributed by atoms with Crippen LogP contribution >= 0.6 is 0 Å². The van der Waals surface area contributed by atoms with Crippen LogP contribution in [-0.2, 0) is 15.0 Å². The Bertz CT molecular complexity index is 573. The van der Waals surface area contributed by atoms with Crippen LogP contribution < -0.4 is 11.1 Å². The molecule has 120 valence electrons. The molecule has 6 heteroatoms. The average molecular weight is 307 g/mol. The molecule has 0 radical (unpaired) electrons. The summed E-state index contributed by atoms with van der Waals surface area (Å²) >= 11 is 0. The topological polar surface area (TPSA) is 68.9 Å². The molecule has 2 heterocycles. The normalized spacial score (nSPS) is 28.5. The second-order valence-corrected chi connectivity index (χ2v) is 6.08. The van der Waals surface area contributed by atoms with E-state index in [2.05, 4.69) is 10.3 Å². The van der Waals surface area contributed by atoms with E-state index in [1.165, 1.54) is 6.07 Å². The molecular weight excluding hydrogens is 285 g/mol. The average Bonchev–Trinajstić information content (AvgIpc) is 2.99. The molecule has 1 aromatic rings. The van der Waals surface area contributed by atoms with Gasteiger partial charge in [-0.1, -0.05) is 0 Å². The molecule has 3 rings (SSSR count). The Morgan fingerprint density at radius 3 is 3.09 bits per heavy atom. The summed E-state index contributed by atoms with van der Waals surface area (Å²) in [4.78, 5) is 4.40. The van der Waals surface area contributed by atoms with Gasteiger partial charge < -0.3 is 20.5 Å². The van der Waals surface area contributed by atoms with Gasteiger partial charge in [0.2, 0.25) is 0 Å². The fourth-order valence-electron chi connectivity index (χ4n) is 2.96. The summed E-state index contributed by atoms with van der Waals surface area (Å²) in [5.41, 5.74) is 6.31. The minimum absolute atomic E-state index is 0.232. The molecule has 1 aromatic carbocycles. The molecule has 0 spiro atoms. The Labute approximate surface area is 129 Å². The second kappa shape index (κ2) is 6.22. The van der Waals surface area contributed by atoms with Crippen LogP contribution in [0.2, 0.25) is 0 Å². The number of nitrogens with two attached hydrogens (primary N) is 1. The summed E-state index contributed by atoms with van der Waals surface area (Å²) < 4.78 is 25.3. The first-order chi connectivity index (χ1) is 10.6. The Balaban J connectivity index is 1.78. The van der Waals surface area contributed by atoms with E-state index >= 15 is 0 Å². The van der Waals surface area contributed by atoms with Gasteiger partial charge in [0.25, 0.3) is 0 Å². The van der Waals surface area contributed by atoms with Gasteiger partial charge in [0.05, 0.1) is 12.7 Å². The molecule has 0 amide bonds. The lowest BCUT2D eigenvalue weighted by molar-refractivity contribution is 0.104. The molecule has 0 aromatic heterocycles. The molecule has 0 bridgehead atoms. The van der Waals surface area contributed by atoms with E-state index < -0.39 is 5.54 Å². The van der Waals surface area contributed by atoms with Crippen LogP contribution in [0.3, 0.4) is 0 Å². The van der Waals surface area contributed by atoms with Crippen molar-refractivity contribution in [2.45, 2.75) is 31.4 Å². The van der Waals surface area contributed by atoms with Crippen molar-refractivity contribution in [3.8, 4) is 0 Å². The minimum Gasteiger partial charge on any atom is -0.386 e. The quantitative estimate of drug-likeness (QED) is 0.893. The van der Waals surface area contributed by atoms with Crippen molar-refractivity contribution in [2.24, 2.45) is 10.7 Å². The van der Waals surface area contributed by atoms with Crippen molar-refractivity contribution in [1.82, 2.24) is 0 Å². The zero-order valence-corrected chi connectivity index (χ0v) is 12.8. The standard InChI is InChI=1S/C16H22FN3O2/c1-16(10-21-9-15(18)20-16)13-7-11(4-5-14(13)17)19-8-12-3-2-6-22-12/h4-5,7,12,19H,2-3,6,8-10H2,1H3,(H2,18,20). The summed E-state index contributed by atoms with van der Waals surface area (Å²) in [7, 11) is 0. The van der Waals surface area contributed by atoms with Gasteiger partial charge in [-0.3, -0.25) is 4.99 Å². The number of hydrogen-bond acceptors (Lipinski definition) is 5. The summed E-state index contributed by atoms with van der Waals surface area (Å²) in [6, 6.07) is 4.97. The lowest BCUT2D eigenvalue weighted by Crippen LogP contribution is -2.38. The maximum Gasteiger partial charge on any atom is 0.129 e. The van der Waals surface area contributed by atoms with Crippen molar-refractivity contribution in [3.05, 3.63) is 29.6 Å². The number of nitrogens with zero attached hydrogens (tertiary/aromatic N) is 1. The van der Waals surface area contributed by atoms with Gasteiger partial charge >= 0.3 is 0 Å². The number of anilines is 1. The van der Waals surface area contributed by atoms with Gasteiger partial charge in [-0.25, -0.2) is 4.39 Å². The molecule has 2 unspecified atom stereocenters.